The van der Waals surface area contributed by atoms with Crippen LogP contribution in [0.1, 0.15) is 49.7 Å². The number of fused-ring (bicyclic) bond motifs is 5. The first-order valence-electron chi connectivity index (χ1n) is 6.87. The van der Waals surface area contributed by atoms with E-state index in [1.807, 2.05) is 0 Å². The van der Waals surface area contributed by atoms with Crippen LogP contribution in [-0.4, -0.2) is 4.98 Å². The summed E-state index contributed by atoms with van der Waals surface area (Å²) in [5.74, 6) is 0.825. The predicted octanol–water partition coefficient (Wildman–Crippen LogP) is 4.39. The van der Waals surface area contributed by atoms with E-state index in [1.54, 1.807) is 11.1 Å². The van der Waals surface area contributed by atoms with E-state index in [0.29, 0.717) is 5.41 Å². The van der Waals surface area contributed by atoms with Crippen molar-refractivity contribution in [3.05, 3.63) is 35.5 Å². The highest BCUT2D eigenvalue weighted by Crippen LogP contribution is 2.56. The van der Waals surface area contributed by atoms with E-state index in [4.69, 9.17) is 0 Å². The Balaban J connectivity index is 1.97. The Bertz CT molecular complexity index is 580. The van der Waals surface area contributed by atoms with Gasteiger partial charge in [-0.3, -0.25) is 0 Å². The van der Waals surface area contributed by atoms with Crippen LogP contribution in [0.25, 0.3) is 10.9 Å². The fourth-order valence-corrected chi connectivity index (χ4v) is 4.29. The van der Waals surface area contributed by atoms with Crippen molar-refractivity contribution in [1.82, 2.24) is 4.98 Å². The molecule has 1 saturated carbocycles. The van der Waals surface area contributed by atoms with Gasteiger partial charge in [0, 0.05) is 17.1 Å². The van der Waals surface area contributed by atoms with Crippen molar-refractivity contribution in [3.63, 3.8) is 0 Å². The smallest absolute Gasteiger partial charge is 0.0456 e. The quantitative estimate of drug-likeness (QED) is 0.684. The summed E-state index contributed by atoms with van der Waals surface area (Å²) in [6, 6.07) is 6.92. The van der Waals surface area contributed by atoms with E-state index in [2.05, 4.69) is 36.3 Å². The molecule has 2 atom stereocenters. The Morgan fingerprint density at radius 3 is 3.12 bits per heavy atom. The number of benzene rings is 1. The molecular formula is C16H19N. The van der Waals surface area contributed by atoms with Gasteiger partial charge in [0.25, 0.3) is 0 Å². The average molecular weight is 225 g/mol. The molecule has 0 saturated heterocycles. The largest absolute Gasteiger partial charge is 0.361 e. The Hall–Kier alpha value is -1.24. The lowest BCUT2D eigenvalue weighted by Gasteiger charge is -2.38. The highest BCUT2D eigenvalue weighted by Gasteiger charge is 2.43. The van der Waals surface area contributed by atoms with Gasteiger partial charge in [0.15, 0.2) is 0 Å². The molecule has 1 heterocycles. The van der Waals surface area contributed by atoms with Crippen molar-refractivity contribution < 1.29 is 0 Å². The first-order chi connectivity index (χ1) is 8.28. The first-order valence-corrected chi connectivity index (χ1v) is 6.87. The number of aromatic nitrogens is 1. The van der Waals surface area contributed by atoms with Crippen LogP contribution in [0.5, 0.6) is 0 Å². The van der Waals surface area contributed by atoms with Gasteiger partial charge in [-0.2, -0.15) is 0 Å². The number of rotatable bonds is 0. The number of aromatic amines is 1. The topological polar surface area (TPSA) is 15.8 Å². The zero-order chi connectivity index (χ0) is 11.5. The highest BCUT2D eigenvalue weighted by atomic mass is 14.7. The monoisotopic (exact) mass is 225 g/mol. The maximum absolute atomic E-state index is 3.34. The van der Waals surface area contributed by atoms with Gasteiger partial charge in [-0.15, -0.1) is 0 Å². The number of nitrogens with one attached hydrogen (secondary N) is 1. The molecule has 88 valence electrons. The lowest BCUT2D eigenvalue weighted by Crippen LogP contribution is -2.26. The van der Waals surface area contributed by atoms with Crippen molar-refractivity contribution >= 4 is 10.9 Å². The fraction of sp³-hybridized carbons (Fsp3) is 0.500. The second kappa shape index (κ2) is 3.16. The lowest BCUT2D eigenvalue weighted by molar-refractivity contribution is 0.253. The summed E-state index contributed by atoms with van der Waals surface area (Å²) >= 11 is 0. The minimum absolute atomic E-state index is 0.594. The van der Waals surface area contributed by atoms with Crippen molar-refractivity contribution in [2.75, 3.05) is 0 Å². The second-order valence-corrected chi connectivity index (χ2v) is 6.17. The zero-order valence-electron chi connectivity index (χ0n) is 10.4. The highest BCUT2D eigenvalue weighted by molar-refractivity contribution is 5.84. The fourth-order valence-electron chi connectivity index (χ4n) is 4.29. The van der Waals surface area contributed by atoms with Crippen LogP contribution in [0, 0.1) is 5.41 Å². The van der Waals surface area contributed by atoms with Crippen LogP contribution in [0.15, 0.2) is 24.4 Å². The number of hydrogen-bond acceptors (Lipinski definition) is 0. The summed E-state index contributed by atoms with van der Waals surface area (Å²) in [5, 5.41) is 1.47. The standard InChI is InChI=1S/C16H19N/c1-16-8-2-3-14(16)12-4-5-15-13(7-10-17-15)11(12)6-9-16/h4-5,7,10,14,17H,2-3,6,8-9H2,1H3/t14-,16-/m0/s1. The van der Waals surface area contributed by atoms with Crippen molar-refractivity contribution in [3.8, 4) is 0 Å². The average Bonchev–Trinajstić information content (AvgIpc) is 2.92. The summed E-state index contributed by atoms with van der Waals surface area (Å²) in [5.41, 5.74) is 5.19. The molecule has 1 N–H and O–H groups in total. The van der Waals surface area contributed by atoms with Crippen LogP contribution in [0.3, 0.4) is 0 Å². The maximum Gasteiger partial charge on any atom is 0.0456 e. The van der Waals surface area contributed by atoms with Gasteiger partial charge >= 0.3 is 0 Å². The van der Waals surface area contributed by atoms with Crippen molar-refractivity contribution in [2.45, 2.75) is 44.9 Å². The molecule has 0 aliphatic heterocycles. The van der Waals surface area contributed by atoms with Gasteiger partial charge in [-0.25, -0.2) is 0 Å². The number of hydrogen-bond donors (Lipinski definition) is 1. The summed E-state index contributed by atoms with van der Waals surface area (Å²) < 4.78 is 0. The van der Waals surface area contributed by atoms with Gasteiger partial charge in [0.1, 0.15) is 0 Å². The Morgan fingerprint density at radius 2 is 2.18 bits per heavy atom. The second-order valence-electron chi connectivity index (χ2n) is 6.17. The van der Waals surface area contributed by atoms with Crippen LogP contribution in [0.4, 0.5) is 0 Å². The molecule has 1 fully saturated rings. The molecule has 1 nitrogen and oxygen atoms in total. The first kappa shape index (κ1) is 9.76. The molecule has 0 amide bonds. The number of H-pyrrole nitrogens is 1. The van der Waals surface area contributed by atoms with Crippen LogP contribution < -0.4 is 0 Å². The molecule has 0 unspecified atom stereocenters. The van der Waals surface area contributed by atoms with Gasteiger partial charge in [-0.05, 0) is 60.3 Å². The molecule has 0 spiro atoms. The van der Waals surface area contributed by atoms with Crippen LogP contribution in [0.2, 0.25) is 0 Å². The summed E-state index contributed by atoms with van der Waals surface area (Å²) in [7, 11) is 0. The third kappa shape index (κ3) is 1.20. The number of aryl methyl sites for hydroxylation is 1. The van der Waals surface area contributed by atoms with Crippen molar-refractivity contribution in [2.24, 2.45) is 5.41 Å². The molecular weight excluding hydrogens is 206 g/mol. The minimum Gasteiger partial charge on any atom is -0.361 e. The SMILES string of the molecule is C[C@@]12CCC[C@H]1c1ccc3[nH]ccc3c1CC2. The summed E-state index contributed by atoms with van der Waals surface area (Å²) in [6.45, 7) is 2.51. The molecule has 17 heavy (non-hydrogen) atoms. The minimum atomic E-state index is 0.594. The van der Waals surface area contributed by atoms with Crippen LogP contribution in [-0.2, 0) is 6.42 Å². The third-order valence-corrected chi connectivity index (χ3v) is 5.29. The summed E-state index contributed by atoms with van der Waals surface area (Å²) in [4.78, 5) is 3.34. The lowest BCUT2D eigenvalue weighted by atomic mass is 9.66. The predicted molar refractivity (Wildman–Crippen MR) is 71.3 cm³/mol. The van der Waals surface area contributed by atoms with E-state index in [1.165, 1.54) is 43.0 Å². The molecule has 0 bridgehead atoms. The molecule has 2 aliphatic rings. The normalized spacial score (nSPS) is 31.5. The van der Waals surface area contributed by atoms with Crippen molar-refractivity contribution in [1.29, 1.82) is 0 Å². The molecule has 1 aromatic carbocycles. The van der Waals surface area contributed by atoms with E-state index in [-0.39, 0.29) is 0 Å². The molecule has 1 aromatic heterocycles. The molecule has 4 rings (SSSR count). The van der Waals surface area contributed by atoms with Gasteiger partial charge < -0.3 is 4.98 Å². The zero-order valence-corrected chi connectivity index (χ0v) is 10.4. The molecule has 2 aromatic rings. The Morgan fingerprint density at radius 1 is 1.24 bits per heavy atom. The van der Waals surface area contributed by atoms with Gasteiger partial charge in [-0.1, -0.05) is 19.4 Å². The van der Waals surface area contributed by atoms with Gasteiger partial charge in [0.2, 0.25) is 0 Å². The molecule has 2 aliphatic carbocycles. The van der Waals surface area contributed by atoms with Crippen LogP contribution >= 0.6 is 0 Å². The Kier molecular flexibility index (Phi) is 1.81. The van der Waals surface area contributed by atoms with E-state index in [9.17, 15) is 0 Å². The molecule has 0 radical (unpaired) electrons. The summed E-state index contributed by atoms with van der Waals surface area (Å²) in [6.07, 6.45) is 8.99. The third-order valence-electron chi connectivity index (χ3n) is 5.29. The Labute approximate surface area is 102 Å². The maximum atomic E-state index is 3.34. The van der Waals surface area contributed by atoms with E-state index >= 15 is 0 Å². The van der Waals surface area contributed by atoms with E-state index < -0.39 is 0 Å². The van der Waals surface area contributed by atoms with E-state index in [0.717, 1.165) is 5.92 Å². The van der Waals surface area contributed by atoms with Gasteiger partial charge in [0.05, 0.1) is 0 Å². The molecule has 1 heteroatoms.